The number of halogens is 2. The molecule has 0 saturated carbocycles. The first-order valence-electron chi connectivity index (χ1n) is 6.53. The second-order valence-corrected chi connectivity index (χ2v) is 5.68. The van der Waals surface area contributed by atoms with Crippen molar-refractivity contribution in [1.29, 1.82) is 0 Å². The first kappa shape index (κ1) is 17.3. The number of ether oxygens (including phenoxy) is 1. The summed E-state index contributed by atoms with van der Waals surface area (Å²) in [5.74, 6) is -0.470. The second-order valence-electron chi connectivity index (χ2n) is 5.68. The molecule has 0 aliphatic carbocycles. The van der Waals surface area contributed by atoms with Crippen molar-refractivity contribution in [2.45, 2.75) is 33.3 Å². The highest BCUT2D eigenvalue weighted by Crippen LogP contribution is 2.18. The number of carbonyl (C=O) groups is 1. The van der Waals surface area contributed by atoms with Crippen molar-refractivity contribution in [1.82, 2.24) is 10.3 Å². The Balaban J connectivity index is 2.60. The minimum Gasteiger partial charge on any atom is -0.472 e. The molecule has 1 rings (SSSR count). The number of alkyl halides is 2. The van der Waals surface area contributed by atoms with E-state index in [9.17, 15) is 18.7 Å². The van der Waals surface area contributed by atoms with E-state index in [0.717, 1.165) is 0 Å². The van der Waals surface area contributed by atoms with E-state index in [1.807, 2.05) is 20.8 Å². The van der Waals surface area contributed by atoms with Crippen molar-refractivity contribution in [3.8, 4) is 5.88 Å². The SMILES string of the molecule is CC(C)(C)C(O)CNC(=O)c1ccnc(OCC(F)F)c1. The van der Waals surface area contributed by atoms with E-state index in [4.69, 9.17) is 4.74 Å². The topological polar surface area (TPSA) is 71.5 Å². The van der Waals surface area contributed by atoms with Crippen molar-refractivity contribution >= 4 is 5.91 Å². The van der Waals surface area contributed by atoms with E-state index in [0.29, 0.717) is 0 Å². The van der Waals surface area contributed by atoms with Crippen LogP contribution in [0.2, 0.25) is 0 Å². The molecule has 5 nitrogen and oxygen atoms in total. The molecule has 0 radical (unpaired) electrons. The maximum absolute atomic E-state index is 12.0. The van der Waals surface area contributed by atoms with Crippen LogP contribution in [0.5, 0.6) is 5.88 Å². The number of pyridine rings is 1. The van der Waals surface area contributed by atoms with Crippen LogP contribution in [0.4, 0.5) is 8.78 Å². The molecule has 0 aliphatic heterocycles. The summed E-state index contributed by atoms with van der Waals surface area (Å²) < 4.78 is 28.8. The van der Waals surface area contributed by atoms with Crippen LogP contribution in [-0.4, -0.2) is 41.7 Å². The molecule has 0 bridgehead atoms. The summed E-state index contributed by atoms with van der Waals surface area (Å²) in [5, 5.41) is 12.4. The highest BCUT2D eigenvalue weighted by molar-refractivity contribution is 5.94. The molecule has 1 amide bonds. The Morgan fingerprint density at radius 3 is 2.71 bits per heavy atom. The Labute approximate surface area is 122 Å². The third-order valence-electron chi connectivity index (χ3n) is 2.81. The number of amides is 1. The first-order valence-corrected chi connectivity index (χ1v) is 6.53. The number of aromatic nitrogens is 1. The van der Waals surface area contributed by atoms with E-state index in [-0.39, 0.29) is 23.4 Å². The van der Waals surface area contributed by atoms with Crippen molar-refractivity contribution in [2.24, 2.45) is 5.41 Å². The molecule has 118 valence electrons. The van der Waals surface area contributed by atoms with Gasteiger partial charge in [-0.2, -0.15) is 0 Å². The van der Waals surface area contributed by atoms with Crippen LogP contribution in [0.15, 0.2) is 18.3 Å². The summed E-state index contributed by atoms with van der Waals surface area (Å²) in [7, 11) is 0. The molecule has 0 aromatic carbocycles. The summed E-state index contributed by atoms with van der Waals surface area (Å²) in [4.78, 5) is 15.7. The van der Waals surface area contributed by atoms with E-state index >= 15 is 0 Å². The summed E-state index contributed by atoms with van der Waals surface area (Å²) >= 11 is 0. The average Bonchev–Trinajstić information content (AvgIpc) is 2.41. The zero-order valence-corrected chi connectivity index (χ0v) is 12.3. The average molecular weight is 302 g/mol. The fourth-order valence-electron chi connectivity index (χ4n) is 1.38. The van der Waals surface area contributed by atoms with Gasteiger partial charge in [0.1, 0.15) is 0 Å². The normalized spacial score (nSPS) is 13.1. The summed E-state index contributed by atoms with van der Waals surface area (Å²) in [6.45, 7) is 4.88. The highest BCUT2D eigenvalue weighted by Gasteiger charge is 2.22. The number of aliphatic hydroxyl groups is 1. The van der Waals surface area contributed by atoms with Gasteiger partial charge in [-0.25, -0.2) is 13.8 Å². The van der Waals surface area contributed by atoms with E-state index in [1.54, 1.807) is 0 Å². The fourth-order valence-corrected chi connectivity index (χ4v) is 1.38. The van der Waals surface area contributed by atoms with Crippen LogP contribution < -0.4 is 10.1 Å². The number of hydrogen-bond donors (Lipinski definition) is 2. The maximum Gasteiger partial charge on any atom is 0.272 e. The van der Waals surface area contributed by atoms with Crippen molar-refractivity contribution < 1.29 is 23.4 Å². The summed E-state index contributed by atoms with van der Waals surface area (Å²) in [6, 6.07) is 2.72. The zero-order chi connectivity index (χ0) is 16.0. The lowest BCUT2D eigenvalue weighted by molar-refractivity contribution is 0.0586. The molecule has 0 spiro atoms. The zero-order valence-electron chi connectivity index (χ0n) is 12.3. The molecule has 21 heavy (non-hydrogen) atoms. The molecule has 0 fully saturated rings. The van der Waals surface area contributed by atoms with Crippen molar-refractivity contribution in [3.05, 3.63) is 23.9 Å². The van der Waals surface area contributed by atoms with Gasteiger partial charge in [-0.1, -0.05) is 20.8 Å². The van der Waals surface area contributed by atoms with Gasteiger partial charge in [0.05, 0.1) is 6.10 Å². The van der Waals surface area contributed by atoms with Gasteiger partial charge in [0.2, 0.25) is 5.88 Å². The molecule has 1 aromatic heterocycles. The predicted molar refractivity (Wildman–Crippen MR) is 73.5 cm³/mol. The highest BCUT2D eigenvalue weighted by atomic mass is 19.3. The van der Waals surface area contributed by atoms with Gasteiger partial charge in [0, 0.05) is 24.4 Å². The lowest BCUT2D eigenvalue weighted by Crippen LogP contribution is -2.39. The number of carbonyl (C=O) groups excluding carboxylic acids is 1. The Hall–Kier alpha value is -1.76. The number of rotatable bonds is 6. The molecule has 1 heterocycles. The van der Waals surface area contributed by atoms with Gasteiger partial charge in [-0.05, 0) is 11.5 Å². The van der Waals surface area contributed by atoms with Crippen LogP contribution in [0, 0.1) is 5.41 Å². The van der Waals surface area contributed by atoms with Crippen LogP contribution in [0.3, 0.4) is 0 Å². The molecule has 7 heteroatoms. The Bertz CT molecular complexity index is 476. The molecule has 1 atom stereocenters. The van der Waals surface area contributed by atoms with Gasteiger partial charge in [0.25, 0.3) is 12.3 Å². The van der Waals surface area contributed by atoms with Crippen LogP contribution in [0.25, 0.3) is 0 Å². The van der Waals surface area contributed by atoms with Gasteiger partial charge < -0.3 is 15.2 Å². The second kappa shape index (κ2) is 7.31. The molecule has 1 unspecified atom stereocenters. The molecule has 0 aliphatic rings. The smallest absolute Gasteiger partial charge is 0.272 e. The Morgan fingerprint density at radius 1 is 1.48 bits per heavy atom. The standard InChI is InChI=1S/C14H20F2N2O3/c1-14(2,3)10(19)7-18-13(20)9-4-5-17-12(6-9)21-8-11(15)16/h4-6,10-11,19H,7-8H2,1-3H3,(H,18,20). The van der Waals surface area contributed by atoms with Crippen molar-refractivity contribution in [2.75, 3.05) is 13.2 Å². The minimum atomic E-state index is -2.61. The number of aliphatic hydroxyl groups excluding tert-OH is 1. The van der Waals surface area contributed by atoms with E-state index < -0.39 is 25.0 Å². The molecule has 1 aromatic rings. The van der Waals surface area contributed by atoms with Crippen LogP contribution in [-0.2, 0) is 0 Å². The number of hydrogen-bond acceptors (Lipinski definition) is 4. The van der Waals surface area contributed by atoms with E-state index in [2.05, 4.69) is 10.3 Å². The predicted octanol–water partition coefficient (Wildman–Crippen LogP) is 1.86. The lowest BCUT2D eigenvalue weighted by atomic mass is 9.89. The van der Waals surface area contributed by atoms with Gasteiger partial charge in [-0.15, -0.1) is 0 Å². The lowest BCUT2D eigenvalue weighted by Gasteiger charge is -2.25. The van der Waals surface area contributed by atoms with E-state index in [1.165, 1.54) is 18.3 Å². The maximum atomic E-state index is 12.0. The Morgan fingerprint density at radius 2 is 2.14 bits per heavy atom. The van der Waals surface area contributed by atoms with Gasteiger partial charge in [-0.3, -0.25) is 4.79 Å². The fraction of sp³-hybridized carbons (Fsp3) is 0.571. The largest absolute Gasteiger partial charge is 0.472 e. The van der Waals surface area contributed by atoms with Crippen molar-refractivity contribution in [3.63, 3.8) is 0 Å². The van der Waals surface area contributed by atoms with Crippen LogP contribution in [0.1, 0.15) is 31.1 Å². The number of nitrogens with zero attached hydrogens (tertiary/aromatic N) is 1. The van der Waals surface area contributed by atoms with Gasteiger partial charge in [0.15, 0.2) is 6.61 Å². The van der Waals surface area contributed by atoms with Gasteiger partial charge >= 0.3 is 0 Å². The third-order valence-corrected chi connectivity index (χ3v) is 2.81. The van der Waals surface area contributed by atoms with Crippen LogP contribution >= 0.6 is 0 Å². The Kier molecular flexibility index (Phi) is 6.02. The summed E-state index contributed by atoms with van der Waals surface area (Å²) in [6.07, 6.45) is -2.00. The number of nitrogens with one attached hydrogen (secondary N) is 1. The summed E-state index contributed by atoms with van der Waals surface area (Å²) in [5.41, 5.74) is -0.118. The quantitative estimate of drug-likeness (QED) is 0.841. The molecular weight excluding hydrogens is 282 g/mol. The third kappa shape index (κ3) is 6.03. The molecular formula is C14H20F2N2O3. The molecule has 0 saturated heterocycles. The molecule has 2 N–H and O–H groups in total. The minimum absolute atomic E-state index is 0.0423. The first-order chi connectivity index (χ1) is 9.70. The monoisotopic (exact) mass is 302 g/mol.